The summed E-state index contributed by atoms with van der Waals surface area (Å²) in [5, 5.41) is 4.12. The normalized spacial score (nSPS) is 10.5. The molecule has 0 aliphatic heterocycles. The topological polar surface area (TPSA) is 42.0 Å². The van der Waals surface area contributed by atoms with E-state index >= 15 is 0 Å². The summed E-state index contributed by atoms with van der Waals surface area (Å²) in [4.78, 5) is 16.1. The number of aromatic nitrogens is 1. The number of nitrogens with one attached hydrogen (secondary N) is 1. The van der Waals surface area contributed by atoms with Crippen molar-refractivity contribution in [3.05, 3.63) is 40.9 Å². The molecule has 4 heteroatoms. The number of hydrogen-bond donors (Lipinski definition) is 1. The molecule has 0 unspecified atom stereocenters. The maximum absolute atomic E-state index is 10.2. The lowest BCUT2D eigenvalue weighted by Crippen LogP contribution is -2.19. The maximum atomic E-state index is 10.2. The zero-order valence-corrected chi connectivity index (χ0v) is 11.2. The highest BCUT2D eigenvalue weighted by atomic mass is 32.1. The average Bonchev–Trinajstić information content (AvgIpc) is 2.77. The molecule has 0 radical (unpaired) electrons. The number of carbonyl (C=O) groups is 1. The number of hydrogen-bond acceptors (Lipinski definition) is 4. The molecule has 0 bridgehead atoms. The second kappa shape index (κ2) is 6.42. The lowest BCUT2D eigenvalue weighted by atomic mass is 10.2. The Balaban J connectivity index is 2.05. The molecule has 94 valence electrons. The number of rotatable bonds is 6. The smallest absolute Gasteiger partial charge is 0.133 e. The first-order valence-electron chi connectivity index (χ1n) is 5.97. The molecule has 3 nitrogen and oxygen atoms in total. The van der Waals surface area contributed by atoms with Gasteiger partial charge in [-0.3, -0.25) is 0 Å². The van der Waals surface area contributed by atoms with E-state index in [4.69, 9.17) is 0 Å². The van der Waals surface area contributed by atoms with Crippen LogP contribution in [-0.2, 0) is 11.2 Å². The monoisotopic (exact) mass is 260 g/mol. The quantitative estimate of drug-likeness (QED) is 0.641. The van der Waals surface area contributed by atoms with Gasteiger partial charge in [0.2, 0.25) is 0 Å². The van der Waals surface area contributed by atoms with Gasteiger partial charge in [0.25, 0.3) is 0 Å². The van der Waals surface area contributed by atoms with E-state index in [-0.39, 0.29) is 0 Å². The van der Waals surface area contributed by atoms with Gasteiger partial charge in [-0.15, -0.1) is 11.3 Å². The number of carbonyl (C=O) groups excluding carboxylic acids is 1. The van der Waals surface area contributed by atoms with Crippen molar-refractivity contribution in [3.63, 3.8) is 0 Å². The van der Waals surface area contributed by atoms with Crippen LogP contribution in [0.2, 0.25) is 0 Å². The Morgan fingerprint density at radius 3 is 2.83 bits per heavy atom. The predicted molar refractivity (Wildman–Crippen MR) is 74.9 cm³/mol. The molecule has 0 atom stereocenters. The van der Waals surface area contributed by atoms with Crippen molar-refractivity contribution in [2.75, 3.05) is 13.1 Å². The number of thiazole rings is 1. The van der Waals surface area contributed by atoms with Crippen molar-refractivity contribution in [3.8, 4) is 10.6 Å². The largest absolute Gasteiger partial charge is 0.310 e. The van der Waals surface area contributed by atoms with Crippen molar-refractivity contribution >= 4 is 17.6 Å². The molecule has 0 aliphatic carbocycles. The predicted octanol–water partition coefficient (Wildman–Crippen LogP) is 2.45. The van der Waals surface area contributed by atoms with E-state index < -0.39 is 0 Å². The van der Waals surface area contributed by atoms with Gasteiger partial charge >= 0.3 is 0 Å². The van der Waals surface area contributed by atoms with Crippen molar-refractivity contribution < 1.29 is 4.79 Å². The zero-order valence-electron chi connectivity index (χ0n) is 10.3. The van der Waals surface area contributed by atoms with Crippen LogP contribution in [0.5, 0.6) is 0 Å². The summed E-state index contributed by atoms with van der Waals surface area (Å²) in [5.74, 6) is 0. The fraction of sp³-hybridized carbons (Fsp3) is 0.286. The summed E-state index contributed by atoms with van der Waals surface area (Å²) < 4.78 is 0. The Hall–Kier alpha value is -1.52. The number of nitrogens with zero attached hydrogens (tertiary/aromatic N) is 1. The molecule has 2 rings (SSSR count). The van der Waals surface area contributed by atoms with Gasteiger partial charge in [-0.25, -0.2) is 4.98 Å². The van der Waals surface area contributed by atoms with Gasteiger partial charge < -0.3 is 10.1 Å². The standard InChI is InChI=1S/C14H16N2OS/c1-11-13(7-8-15-9-10-17)16-14(18-11)12-5-3-2-4-6-12/h2-6,10,15H,7-9H2,1H3. The number of aldehydes is 1. The molecule has 0 spiro atoms. The fourth-order valence-corrected chi connectivity index (χ4v) is 2.70. The van der Waals surface area contributed by atoms with Crippen LogP contribution >= 0.6 is 11.3 Å². The molecule has 0 fully saturated rings. The Morgan fingerprint density at radius 1 is 1.33 bits per heavy atom. The van der Waals surface area contributed by atoms with Crippen LogP contribution in [0.25, 0.3) is 10.6 Å². The lowest BCUT2D eigenvalue weighted by Gasteiger charge is -1.98. The van der Waals surface area contributed by atoms with Crippen molar-refractivity contribution in [2.24, 2.45) is 0 Å². The van der Waals surface area contributed by atoms with Crippen LogP contribution in [-0.4, -0.2) is 24.4 Å². The molecule has 1 heterocycles. The highest BCUT2D eigenvalue weighted by Gasteiger charge is 2.08. The van der Waals surface area contributed by atoms with E-state index in [2.05, 4.69) is 29.4 Å². The summed E-state index contributed by atoms with van der Waals surface area (Å²) in [5.41, 5.74) is 2.29. The van der Waals surface area contributed by atoms with Gasteiger partial charge in [0.05, 0.1) is 12.2 Å². The molecule has 0 saturated heterocycles. The summed E-state index contributed by atoms with van der Waals surface area (Å²) in [6, 6.07) is 10.2. The molecule has 0 amide bonds. The Bertz CT molecular complexity index is 508. The molecule has 18 heavy (non-hydrogen) atoms. The minimum Gasteiger partial charge on any atom is -0.310 e. The molecule has 1 aromatic carbocycles. The van der Waals surface area contributed by atoms with Gasteiger partial charge in [0, 0.05) is 23.4 Å². The molecular weight excluding hydrogens is 244 g/mol. The van der Waals surface area contributed by atoms with Crippen molar-refractivity contribution in [2.45, 2.75) is 13.3 Å². The first kappa shape index (κ1) is 12.9. The number of aryl methyl sites for hydroxylation is 1. The summed E-state index contributed by atoms with van der Waals surface area (Å²) in [7, 11) is 0. The third-order valence-electron chi connectivity index (χ3n) is 2.68. The molecule has 1 aromatic heterocycles. The Labute approximate surface area is 111 Å². The highest BCUT2D eigenvalue weighted by Crippen LogP contribution is 2.27. The lowest BCUT2D eigenvalue weighted by molar-refractivity contribution is -0.107. The van der Waals surface area contributed by atoms with Gasteiger partial charge in [0.15, 0.2) is 0 Å². The minimum absolute atomic E-state index is 0.411. The van der Waals surface area contributed by atoms with Gasteiger partial charge in [0.1, 0.15) is 11.3 Å². The average molecular weight is 260 g/mol. The maximum Gasteiger partial charge on any atom is 0.133 e. The summed E-state index contributed by atoms with van der Waals surface area (Å²) >= 11 is 1.72. The third-order valence-corrected chi connectivity index (χ3v) is 3.74. The van der Waals surface area contributed by atoms with Crippen LogP contribution in [0.3, 0.4) is 0 Å². The van der Waals surface area contributed by atoms with Crippen molar-refractivity contribution in [1.82, 2.24) is 10.3 Å². The van der Waals surface area contributed by atoms with Crippen LogP contribution in [0.1, 0.15) is 10.6 Å². The summed E-state index contributed by atoms with van der Waals surface area (Å²) in [6.45, 7) is 3.30. The van der Waals surface area contributed by atoms with Crippen LogP contribution in [0.15, 0.2) is 30.3 Å². The minimum atomic E-state index is 0.411. The van der Waals surface area contributed by atoms with E-state index in [0.717, 1.165) is 35.5 Å². The first-order chi connectivity index (χ1) is 8.81. The van der Waals surface area contributed by atoms with Gasteiger partial charge in [-0.05, 0) is 6.92 Å². The van der Waals surface area contributed by atoms with E-state index in [0.29, 0.717) is 6.54 Å². The highest BCUT2D eigenvalue weighted by molar-refractivity contribution is 7.15. The van der Waals surface area contributed by atoms with Gasteiger partial charge in [-0.1, -0.05) is 30.3 Å². The second-order valence-electron chi connectivity index (χ2n) is 4.01. The molecule has 1 N–H and O–H groups in total. The van der Waals surface area contributed by atoms with E-state index in [9.17, 15) is 4.79 Å². The van der Waals surface area contributed by atoms with E-state index in [1.54, 1.807) is 11.3 Å². The number of benzene rings is 1. The Kier molecular flexibility index (Phi) is 4.61. The van der Waals surface area contributed by atoms with Crippen LogP contribution in [0.4, 0.5) is 0 Å². The molecule has 0 saturated carbocycles. The second-order valence-corrected chi connectivity index (χ2v) is 5.21. The van der Waals surface area contributed by atoms with E-state index in [1.165, 1.54) is 4.88 Å². The molecule has 0 aliphatic rings. The molecule has 2 aromatic rings. The zero-order chi connectivity index (χ0) is 12.8. The molecular formula is C14H16N2OS. The van der Waals surface area contributed by atoms with Crippen molar-refractivity contribution in [1.29, 1.82) is 0 Å². The van der Waals surface area contributed by atoms with Crippen LogP contribution < -0.4 is 5.32 Å². The van der Waals surface area contributed by atoms with E-state index in [1.807, 2.05) is 18.2 Å². The fourth-order valence-electron chi connectivity index (χ4n) is 1.73. The van der Waals surface area contributed by atoms with Crippen LogP contribution in [0, 0.1) is 6.92 Å². The third kappa shape index (κ3) is 3.24. The SMILES string of the molecule is Cc1sc(-c2ccccc2)nc1CCNCC=O. The Morgan fingerprint density at radius 2 is 2.11 bits per heavy atom. The summed E-state index contributed by atoms with van der Waals surface area (Å²) in [6.07, 6.45) is 1.74. The first-order valence-corrected chi connectivity index (χ1v) is 6.79. The van der Waals surface area contributed by atoms with Gasteiger partial charge in [-0.2, -0.15) is 0 Å².